The molecule has 0 fully saturated rings. The van der Waals surface area contributed by atoms with Crippen molar-refractivity contribution >= 4 is 24.2 Å². The van der Waals surface area contributed by atoms with E-state index in [1.165, 1.54) is 5.25 Å². The molecule has 0 aliphatic carbocycles. The molecule has 0 unspecified atom stereocenters. The van der Waals surface area contributed by atoms with E-state index >= 15 is 0 Å². The summed E-state index contributed by atoms with van der Waals surface area (Å²) in [6.45, 7) is 15.2. The summed E-state index contributed by atoms with van der Waals surface area (Å²) in [6, 6.07) is 1.01. The van der Waals surface area contributed by atoms with E-state index in [1.54, 1.807) is 0 Å². The van der Waals surface area contributed by atoms with Crippen molar-refractivity contribution in [3.05, 3.63) is 0 Å². The fourth-order valence-electron chi connectivity index (χ4n) is 1.84. The van der Waals surface area contributed by atoms with E-state index in [0.717, 1.165) is 6.04 Å². The van der Waals surface area contributed by atoms with Gasteiger partial charge in [0, 0.05) is 0 Å². The van der Waals surface area contributed by atoms with Crippen LogP contribution in [0.4, 0.5) is 0 Å². The van der Waals surface area contributed by atoms with E-state index < -0.39 is 24.2 Å². The molecule has 104 valence electrons. The maximum atomic E-state index is 5.85. The minimum atomic E-state index is -2.35. The second kappa shape index (κ2) is 8.69. The molecule has 0 amide bonds. The Kier molecular flexibility index (Phi) is 9.02. The molecule has 0 aromatic rings. The van der Waals surface area contributed by atoms with Gasteiger partial charge in [0.05, 0.1) is 0 Å². The average Bonchev–Trinajstić information content (AvgIpc) is 2.16. The zero-order valence-electron chi connectivity index (χ0n) is 12.5. The molecule has 0 atom stereocenters. The Labute approximate surface area is 114 Å². The van der Waals surface area contributed by atoms with Crippen LogP contribution in [-0.4, -0.2) is 44.1 Å². The van der Waals surface area contributed by atoms with Crippen molar-refractivity contribution in [2.75, 3.05) is 19.8 Å². The van der Waals surface area contributed by atoms with Gasteiger partial charge in [-0.25, -0.2) is 0 Å². The zero-order valence-corrected chi connectivity index (χ0v) is 16.4. The van der Waals surface area contributed by atoms with Crippen molar-refractivity contribution in [2.45, 2.75) is 57.1 Å². The Bertz CT molecular complexity index is 178. The Morgan fingerprint density at radius 1 is 0.882 bits per heavy atom. The van der Waals surface area contributed by atoms with E-state index in [0.29, 0.717) is 24.1 Å². The van der Waals surface area contributed by atoms with Crippen LogP contribution < -0.4 is 0 Å². The Morgan fingerprint density at radius 2 is 1.29 bits per heavy atom. The zero-order chi connectivity index (χ0) is 13.4. The SMILES string of the molecule is CCO[Si](C[CH2][GeH2][C](C)(C)C)(OCC)OCC. The van der Waals surface area contributed by atoms with Crippen LogP contribution >= 0.6 is 0 Å². The van der Waals surface area contributed by atoms with Crippen LogP contribution in [0.5, 0.6) is 0 Å². The number of hydrogen-bond donors (Lipinski definition) is 0. The second-order valence-corrected chi connectivity index (χ2v) is 15.1. The average molecular weight is 323 g/mol. The van der Waals surface area contributed by atoms with Crippen molar-refractivity contribution in [3.8, 4) is 0 Å². The Hall–Kier alpha value is 0.640. The molecule has 0 aromatic heterocycles. The van der Waals surface area contributed by atoms with E-state index in [-0.39, 0.29) is 0 Å². The van der Waals surface area contributed by atoms with Crippen molar-refractivity contribution in [1.82, 2.24) is 0 Å². The number of rotatable bonds is 9. The van der Waals surface area contributed by atoms with Gasteiger partial charge < -0.3 is 0 Å². The van der Waals surface area contributed by atoms with Gasteiger partial charge >= 0.3 is 114 Å². The van der Waals surface area contributed by atoms with E-state index in [4.69, 9.17) is 13.3 Å². The van der Waals surface area contributed by atoms with Gasteiger partial charge in [0.2, 0.25) is 0 Å². The molecular formula is C12H30GeO3Si. The first-order valence-electron chi connectivity index (χ1n) is 6.81. The first-order chi connectivity index (χ1) is 7.89. The van der Waals surface area contributed by atoms with Gasteiger partial charge in [-0.2, -0.15) is 0 Å². The van der Waals surface area contributed by atoms with Crippen LogP contribution in [0.25, 0.3) is 0 Å². The Morgan fingerprint density at radius 3 is 1.59 bits per heavy atom. The van der Waals surface area contributed by atoms with Crippen molar-refractivity contribution < 1.29 is 13.3 Å². The molecule has 0 saturated heterocycles. The molecule has 17 heavy (non-hydrogen) atoms. The molecule has 0 heterocycles. The Balaban J connectivity index is 4.33. The predicted molar refractivity (Wildman–Crippen MR) is 78.5 cm³/mol. The first-order valence-corrected chi connectivity index (χ1v) is 12.3. The molecule has 0 radical (unpaired) electrons. The molecule has 0 aromatic carbocycles. The van der Waals surface area contributed by atoms with Crippen molar-refractivity contribution in [2.24, 2.45) is 0 Å². The van der Waals surface area contributed by atoms with Gasteiger partial charge in [-0.05, 0) is 0 Å². The summed E-state index contributed by atoms with van der Waals surface area (Å²) in [7, 11) is -2.35. The number of hydrogen-bond acceptors (Lipinski definition) is 3. The van der Waals surface area contributed by atoms with Crippen molar-refractivity contribution in [3.63, 3.8) is 0 Å². The molecular weight excluding hydrogens is 293 g/mol. The third-order valence-electron chi connectivity index (χ3n) is 2.50. The van der Waals surface area contributed by atoms with Crippen LogP contribution in [-0.2, 0) is 13.3 Å². The molecule has 0 N–H and O–H groups in total. The van der Waals surface area contributed by atoms with E-state index in [9.17, 15) is 0 Å². The molecule has 5 heteroatoms. The van der Waals surface area contributed by atoms with Crippen LogP contribution in [0.2, 0.25) is 15.5 Å². The van der Waals surface area contributed by atoms with Gasteiger partial charge in [0.25, 0.3) is 0 Å². The maximum absolute atomic E-state index is 5.85. The van der Waals surface area contributed by atoms with Crippen LogP contribution in [0.1, 0.15) is 41.5 Å². The normalized spacial score (nSPS) is 13.8. The molecule has 0 bridgehead atoms. The molecule has 0 spiro atoms. The van der Waals surface area contributed by atoms with E-state index in [2.05, 4.69) is 20.8 Å². The van der Waals surface area contributed by atoms with Crippen molar-refractivity contribution in [1.29, 1.82) is 0 Å². The summed E-state index contributed by atoms with van der Waals surface area (Å²) >= 11 is -0.528. The first kappa shape index (κ1) is 17.6. The predicted octanol–water partition coefficient (Wildman–Crippen LogP) is 2.84. The fourth-order valence-corrected chi connectivity index (χ4v) is 10.5. The fraction of sp³-hybridized carbons (Fsp3) is 1.00. The molecule has 3 nitrogen and oxygen atoms in total. The van der Waals surface area contributed by atoms with Crippen LogP contribution in [0, 0.1) is 0 Å². The molecule has 0 aliphatic heterocycles. The summed E-state index contributed by atoms with van der Waals surface area (Å²) in [5.41, 5.74) is 0. The van der Waals surface area contributed by atoms with Gasteiger partial charge in [-0.3, -0.25) is 0 Å². The third-order valence-corrected chi connectivity index (χ3v) is 11.8. The third kappa shape index (κ3) is 8.37. The summed E-state index contributed by atoms with van der Waals surface area (Å²) in [6.07, 6.45) is 0. The monoisotopic (exact) mass is 324 g/mol. The molecule has 0 rings (SSSR count). The van der Waals surface area contributed by atoms with E-state index in [1.807, 2.05) is 20.8 Å². The topological polar surface area (TPSA) is 27.7 Å². The summed E-state index contributed by atoms with van der Waals surface area (Å²) in [4.78, 5) is 0. The summed E-state index contributed by atoms with van der Waals surface area (Å²) < 4.78 is 18.1. The molecule has 0 saturated carbocycles. The molecule has 0 aliphatic rings. The van der Waals surface area contributed by atoms with Gasteiger partial charge in [-0.15, -0.1) is 0 Å². The minimum absolute atomic E-state index is 0.528. The van der Waals surface area contributed by atoms with Crippen LogP contribution in [0.15, 0.2) is 0 Å². The van der Waals surface area contributed by atoms with Gasteiger partial charge in [0.15, 0.2) is 0 Å². The summed E-state index contributed by atoms with van der Waals surface area (Å²) in [5, 5.41) is 1.29. The van der Waals surface area contributed by atoms with Gasteiger partial charge in [-0.1, -0.05) is 0 Å². The van der Waals surface area contributed by atoms with Gasteiger partial charge in [0.1, 0.15) is 0 Å². The summed E-state index contributed by atoms with van der Waals surface area (Å²) in [5.74, 6) is 0. The second-order valence-electron chi connectivity index (χ2n) is 5.40. The quantitative estimate of drug-likeness (QED) is 0.611. The van der Waals surface area contributed by atoms with Crippen LogP contribution in [0.3, 0.4) is 0 Å². The standard InChI is InChI=1S/C12H30GeO3Si/c1-7-14-17(15-8-2,16-9-3)11-10-13-12(4,5)6/h7-11,13H2,1-6H3.